The predicted octanol–water partition coefficient (Wildman–Crippen LogP) is 3.68. The number of furan rings is 1. The highest BCUT2D eigenvalue weighted by Gasteiger charge is 2.00. The zero-order valence-electron chi connectivity index (χ0n) is 10.5. The normalized spacial score (nSPS) is 10.8. The zero-order chi connectivity index (χ0) is 13.7. The minimum Gasteiger partial charge on any atom is -0.467 e. The lowest BCUT2D eigenvalue weighted by atomic mass is 10.1. The summed E-state index contributed by atoms with van der Waals surface area (Å²) in [6.07, 6.45) is 4.88. The minimum absolute atomic E-state index is 0.149. The fourth-order valence-corrected chi connectivity index (χ4v) is 2.20. The summed E-state index contributed by atoms with van der Waals surface area (Å²) in [6.45, 7) is 2.42. The highest BCUT2D eigenvalue weighted by Crippen LogP contribution is 2.19. The highest BCUT2D eigenvalue weighted by atomic mass is 79.9. The summed E-state index contributed by atoms with van der Waals surface area (Å²) in [5.41, 5.74) is 2.14. The van der Waals surface area contributed by atoms with Gasteiger partial charge in [0.05, 0.1) is 12.8 Å². The summed E-state index contributed by atoms with van der Waals surface area (Å²) < 4.78 is 6.11. The van der Waals surface area contributed by atoms with Crippen LogP contribution in [0, 0.1) is 6.92 Å². The first-order valence-corrected chi connectivity index (χ1v) is 6.69. The fraction of sp³-hybridized carbons (Fsp3) is 0.133. The summed E-state index contributed by atoms with van der Waals surface area (Å²) in [5.74, 6) is 0.585. The van der Waals surface area contributed by atoms with Crippen LogP contribution in [-0.4, -0.2) is 5.91 Å². The predicted molar refractivity (Wildman–Crippen MR) is 78.5 cm³/mol. The molecule has 0 saturated carbocycles. The van der Waals surface area contributed by atoms with Gasteiger partial charge in [-0.15, -0.1) is 0 Å². The summed E-state index contributed by atoms with van der Waals surface area (Å²) in [6, 6.07) is 9.60. The van der Waals surface area contributed by atoms with E-state index < -0.39 is 0 Å². The first kappa shape index (κ1) is 13.6. The fourth-order valence-electron chi connectivity index (χ4n) is 1.58. The molecule has 0 fully saturated rings. The van der Waals surface area contributed by atoms with Crippen LogP contribution in [0.3, 0.4) is 0 Å². The molecule has 0 radical (unpaired) electrons. The third-order valence-corrected chi connectivity index (χ3v) is 3.27. The Hall–Kier alpha value is -1.81. The summed E-state index contributed by atoms with van der Waals surface area (Å²) in [5, 5.41) is 2.75. The zero-order valence-corrected chi connectivity index (χ0v) is 12.1. The molecule has 4 heteroatoms. The number of carbonyl (C=O) groups excluding carboxylic acids is 1. The summed E-state index contributed by atoms with van der Waals surface area (Å²) in [7, 11) is 0. The van der Waals surface area contributed by atoms with E-state index in [2.05, 4.69) is 21.2 Å². The molecule has 1 aromatic heterocycles. The van der Waals surface area contributed by atoms with Crippen molar-refractivity contribution in [1.82, 2.24) is 5.32 Å². The molecule has 0 aliphatic heterocycles. The molecule has 0 aliphatic carbocycles. The third kappa shape index (κ3) is 4.10. The molecule has 1 amide bonds. The van der Waals surface area contributed by atoms with Crippen LogP contribution in [-0.2, 0) is 11.3 Å². The van der Waals surface area contributed by atoms with Crippen molar-refractivity contribution in [2.75, 3.05) is 0 Å². The second-order valence-electron chi connectivity index (χ2n) is 4.16. The van der Waals surface area contributed by atoms with Crippen LogP contribution in [0.25, 0.3) is 6.08 Å². The van der Waals surface area contributed by atoms with Gasteiger partial charge in [-0.2, -0.15) is 0 Å². The second kappa shape index (κ2) is 6.38. The van der Waals surface area contributed by atoms with Crippen molar-refractivity contribution in [2.24, 2.45) is 0 Å². The lowest BCUT2D eigenvalue weighted by Gasteiger charge is -2.01. The molecule has 1 aromatic carbocycles. The average molecular weight is 320 g/mol. The largest absolute Gasteiger partial charge is 0.467 e. The Morgan fingerprint density at radius 1 is 1.42 bits per heavy atom. The van der Waals surface area contributed by atoms with Gasteiger partial charge in [-0.25, -0.2) is 0 Å². The lowest BCUT2D eigenvalue weighted by molar-refractivity contribution is -0.116. The molecule has 19 heavy (non-hydrogen) atoms. The number of amides is 1. The van der Waals surface area contributed by atoms with Gasteiger partial charge in [-0.3, -0.25) is 4.79 Å². The second-order valence-corrected chi connectivity index (χ2v) is 5.01. The maximum absolute atomic E-state index is 11.6. The van der Waals surface area contributed by atoms with Crippen molar-refractivity contribution in [1.29, 1.82) is 0 Å². The van der Waals surface area contributed by atoms with Crippen molar-refractivity contribution in [3.05, 3.63) is 64.0 Å². The number of hydrogen-bond donors (Lipinski definition) is 1. The monoisotopic (exact) mass is 319 g/mol. The molecule has 0 unspecified atom stereocenters. The van der Waals surface area contributed by atoms with Gasteiger partial charge >= 0.3 is 0 Å². The van der Waals surface area contributed by atoms with Crippen LogP contribution < -0.4 is 5.32 Å². The topological polar surface area (TPSA) is 42.2 Å². The van der Waals surface area contributed by atoms with Crippen LogP contribution in [0.5, 0.6) is 0 Å². The standard InChI is InChI=1S/C15H14BrNO2/c1-11-4-5-12(14(16)9-11)6-7-15(18)17-10-13-3-2-8-19-13/h2-9H,10H2,1H3,(H,17,18)/b7-6+. The van der Waals surface area contributed by atoms with E-state index in [0.717, 1.165) is 15.8 Å². The van der Waals surface area contributed by atoms with Gasteiger partial charge in [-0.05, 0) is 42.3 Å². The SMILES string of the molecule is Cc1ccc(/C=C/C(=O)NCc2ccco2)c(Br)c1. The third-order valence-electron chi connectivity index (χ3n) is 2.59. The van der Waals surface area contributed by atoms with Crippen molar-refractivity contribution in [3.63, 3.8) is 0 Å². The van der Waals surface area contributed by atoms with Gasteiger partial charge in [0.2, 0.25) is 5.91 Å². The van der Waals surface area contributed by atoms with E-state index in [4.69, 9.17) is 4.42 Å². The molecule has 3 nitrogen and oxygen atoms in total. The molecule has 98 valence electrons. The molecule has 1 heterocycles. The first-order chi connectivity index (χ1) is 9.15. The number of aryl methyl sites for hydroxylation is 1. The van der Waals surface area contributed by atoms with Crippen LogP contribution in [0.15, 0.2) is 51.6 Å². The Morgan fingerprint density at radius 2 is 2.26 bits per heavy atom. The minimum atomic E-state index is -0.149. The van der Waals surface area contributed by atoms with Crippen LogP contribution in [0.4, 0.5) is 0 Å². The molecule has 2 aromatic rings. The van der Waals surface area contributed by atoms with Gasteiger partial charge in [-0.1, -0.05) is 28.1 Å². The molecule has 0 saturated heterocycles. The number of halogens is 1. The van der Waals surface area contributed by atoms with Gasteiger partial charge in [0, 0.05) is 10.5 Å². The van der Waals surface area contributed by atoms with Crippen LogP contribution in [0.2, 0.25) is 0 Å². The smallest absolute Gasteiger partial charge is 0.244 e. The Morgan fingerprint density at radius 3 is 2.95 bits per heavy atom. The Bertz CT molecular complexity index is 588. The number of carbonyl (C=O) groups is 1. The van der Waals surface area contributed by atoms with E-state index >= 15 is 0 Å². The number of rotatable bonds is 4. The van der Waals surface area contributed by atoms with Crippen molar-refractivity contribution in [2.45, 2.75) is 13.5 Å². The Balaban J connectivity index is 1.92. The van der Waals surface area contributed by atoms with Crippen molar-refractivity contribution >= 4 is 27.9 Å². The van der Waals surface area contributed by atoms with E-state index in [-0.39, 0.29) is 5.91 Å². The van der Waals surface area contributed by atoms with Gasteiger partial charge in [0.25, 0.3) is 0 Å². The molecule has 0 aliphatic rings. The lowest BCUT2D eigenvalue weighted by Crippen LogP contribution is -2.19. The highest BCUT2D eigenvalue weighted by molar-refractivity contribution is 9.10. The van der Waals surface area contributed by atoms with Crippen molar-refractivity contribution < 1.29 is 9.21 Å². The quantitative estimate of drug-likeness (QED) is 0.873. The van der Waals surface area contributed by atoms with Crippen LogP contribution in [0.1, 0.15) is 16.9 Å². The Kier molecular flexibility index (Phi) is 4.58. The van der Waals surface area contributed by atoms with E-state index in [0.29, 0.717) is 6.54 Å². The summed E-state index contributed by atoms with van der Waals surface area (Å²) in [4.78, 5) is 11.6. The number of hydrogen-bond acceptors (Lipinski definition) is 2. The summed E-state index contributed by atoms with van der Waals surface area (Å²) >= 11 is 3.47. The molecule has 0 spiro atoms. The van der Waals surface area contributed by atoms with Gasteiger partial charge < -0.3 is 9.73 Å². The van der Waals surface area contributed by atoms with E-state index in [1.165, 1.54) is 11.6 Å². The van der Waals surface area contributed by atoms with E-state index in [9.17, 15) is 4.79 Å². The van der Waals surface area contributed by atoms with Crippen molar-refractivity contribution in [3.8, 4) is 0 Å². The van der Waals surface area contributed by atoms with Gasteiger partial charge in [0.15, 0.2) is 0 Å². The van der Waals surface area contributed by atoms with Crippen LogP contribution >= 0.6 is 15.9 Å². The molecule has 2 rings (SSSR count). The van der Waals surface area contributed by atoms with Gasteiger partial charge in [0.1, 0.15) is 5.76 Å². The molecule has 1 N–H and O–H groups in total. The van der Waals surface area contributed by atoms with E-state index in [1.807, 2.05) is 31.2 Å². The molecule has 0 atom stereocenters. The first-order valence-electron chi connectivity index (χ1n) is 5.89. The Labute approximate surface area is 120 Å². The van der Waals surface area contributed by atoms with E-state index in [1.54, 1.807) is 18.4 Å². The maximum Gasteiger partial charge on any atom is 0.244 e. The maximum atomic E-state index is 11.6. The molecule has 0 bridgehead atoms. The molecular formula is C15H14BrNO2. The number of nitrogens with one attached hydrogen (secondary N) is 1. The number of benzene rings is 1. The molecular weight excluding hydrogens is 306 g/mol. The average Bonchev–Trinajstić information content (AvgIpc) is 2.88.